The minimum atomic E-state index is 0.218. The van der Waals surface area contributed by atoms with Crippen LogP contribution in [0.4, 0.5) is 0 Å². The summed E-state index contributed by atoms with van der Waals surface area (Å²) in [5, 5.41) is 5.91. The highest BCUT2D eigenvalue weighted by Gasteiger charge is 2.16. The van der Waals surface area contributed by atoms with Crippen molar-refractivity contribution in [2.75, 3.05) is 27.2 Å². The molecule has 4 rings (SSSR count). The minimum Gasteiger partial charge on any atom is -0.318 e. The van der Waals surface area contributed by atoms with Crippen molar-refractivity contribution >= 4 is 16.6 Å². The van der Waals surface area contributed by atoms with Crippen LogP contribution in [0, 0.1) is 0 Å². The Hall–Kier alpha value is -3.27. The van der Waals surface area contributed by atoms with E-state index in [4.69, 9.17) is 0 Å². The maximum Gasteiger partial charge on any atom is 0.162 e. The largest absolute Gasteiger partial charge is 0.318 e. The van der Waals surface area contributed by atoms with Crippen LogP contribution in [0.3, 0.4) is 0 Å². The molecule has 0 fully saturated rings. The first-order chi connectivity index (χ1) is 17.6. The van der Waals surface area contributed by atoms with Crippen LogP contribution in [0.1, 0.15) is 41.3 Å². The predicted molar refractivity (Wildman–Crippen MR) is 153 cm³/mol. The number of Topliss-reactive ketones (excluding diaryl/α,β-unsaturated/α-hetero) is 1. The molecule has 0 aromatic heterocycles. The second kappa shape index (κ2) is 12.6. The molecule has 3 nitrogen and oxygen atoms in total. The average molecular weight is 479 g/mol. The molecule has 186 valence electrons. The summed E-state index contributed by atoms with van der Waals surface area (Å²) in [6, 6.07) is 32.4. The highest BCUT2D eigenvalue weighted by molar-refractivity contribution is 5.96. The summed E-state index contributed by atoms with van der Waals surface area (Å²) in [5.41, 5.74) is 5.83. The third-order valence-electron chi connectivity index (χ3n) is 7.17. The van der Waals surface area contributed by atoms with Crippen LogP contribution >= 0.6 is 0 Å². The Labute approximate surface area is 216 Å². The SMILES string of the molecule is CCc1ccc(-c2ccc(C(=O)CCCN(C)[C@@H](CNC)Cc3ccc4ccccc4c3)cc2)cc1. The van der Waals surface area contributed by atoms with Crippen molar-refractivity contribution in [1.29, 1.82) is 0 Å². The van der Waals surface area contributed by atoms with Gasteiger partial charge in [-0.3, -0.25) is 4.79 Å². The Kier molecular flexibility index (Phi) is 9.05. The van der Waals surface area contributed by atoms with Gasteiger partial charge < -0.3 is 10.2 Å². The quantitative estimate of drug-likeness (QED) is 0.227. The highest BCUT2D eigenvalue weighted by Crippen LogP contribution is 2.22. The molecule has 0 aliphatic heterocycles. The van der Waals surface area contributed by atoms with E-state index in [-0.39, 0.29) is 5.78 Å². The van der Waals surface area contributed by atoms with Gasteiger partial charge in [0.05, 0.1) is 0 Å². The Balaban J connectivity index is 1.30. The molecule has 0 spiro atoms. The lowest BCUT2D eigenvalue weighted by atomic mass is 9.99. The van der Waals surface area contributed by atoms with Gasteiger partial charge in [-0.1, -0.05) is 97.9 Å². The summed E-state index contributed by atoms with van der Waals surface area (Å²) in [6.07, 6.45) is 3.45. The van der Waals surface area contributed by atoms with E-state index < -0.39 is 0 Å². The standard InChI is InChI=1S/C33H38N2O/c1-4-25-11-14-28(15-12-25)29-17-19-30(20-18-29)33(36)10-7-21-35(3)32(24-34-2)23-26-13-16-27-8-5-6-9-31(27)22-26/h5-6,8-9,11-20,22,32,34H,4,7,10,21,23-24H2,1-3H3/t32-/m1/s1. The smallest absolute Gasteiger partial charge is 0.162 e. The van der Waals surface area contributed by atoms with Gasteiger partial charge in [-0.25, -0.2) is 0 Å². The molecule has 36 heavy (non-hydrogen) atoms. The van der Waals surface area contributed by atoms with Gasteiger partial charge in [0.15, 0.2) is 5.78 Å². The number of fused-ring (bicyclic) bond motifs is 1. The summed E-state index contributed by atoms with van der Waals surface area (Å²) in [7, 11) is 4.18. The third-order valence-corrected chi connectivity index (χ3v) is 7.17. The number of hydrogen-bond acceptors (Lipinski definition) is 3. The van der Waals surface area contributed by atoms with Gasteiger partial charge in [-0.2, -0.15) is 0 Å². The van der Waals surface area contributed by atoms with Crippen molar-refractivity contribution in [1.82, 2.24) is 10.2 Å². The summed E-state index contributed by atoms with van der Waals surface area (Å²) >= 11 is 0. The van der Waals surface area contributed by atoms with Crippen molar-refractivity contribution in [2.24, 2.45) is 0 Å². The molecule has 0 amide bonds. The molecule has 0 bridgehead atoms. The van der Waals surface area contributed by atoms with Crippen LogP contribution in [0.15, 0.2) is 91.0 Å². The Morgan fingerprint density at radius 1 is 0.833 bits per heavy atom. The zero-order chi connectivity index (χ0) is 25.3. The van der Waals surface area contributed by atoms with Gasteiger partial charge in [0, 0.05) is 24.6 Å². The molecular formula is C33H38N2O. The first kappa shape index (κ1) is 25.8. The lowest BCUT2D eigenvalue weighted by molar-refractivity contribution is 0.0973. The molecule has 1 N–H and O–H groups in total. The van der Waals surface area contributed by atoms with Crippen LogP contribution in [-0.2, 0) is 12.8 Å². The number of benzene rings is 4. The summed E-state index contributed by atoms with van der Waals surface area (Å²) in [6.45, 7) is 3.98. The van der Waals surface area contributed by atoms with Gasteiger partial charge in [-0.05, 0) is 72.9 Å². The van der Waals surface area contributed by atoms with Crippen LogP contribution in [0.25, 0.3) is 21.9 Å². The van der Waals surface area contributed by atoms with Crippen LogP contribution in [-0.4, -0.2) is 43.9 Å². The zero-order valence-corrected chi connectivity index (χ0v) is 21.8. The zero-order valence-electron chi connectivity index (χ0n) is 21.8. The molecule has 0 aliphatic carbocycles. The van der Waals surface area contributed by atoms with Crippen LogP contribution in [0.5, 0.6) is 0 Å². The maximum absolute atomic E-state index is 12.8. The monoisotopic (exact) mass is 478 g/mol. The number of aryl methyl sites for hydroxylation is 1. The van der Waals surface area contributed by atoms with E-state index in [2.05, 4.69) is 103 Å². The molecule has 3 heteroatoms. The van der Waals surface area contributed by atoms with Crippen molar-refractivity contribution < 1.29 is 4.79 Å². The average Bonchev–Trinajstić information content (AvgIpc) is 2.92. The summed E-state index contributed by atoms with van der Waals surface area (Å²) < 4.78 is 0. The molecule has 0 saturated carbocycles. The van der Waals surface area contributed by atoms with Crippen molar-refractivity contribution in [3.05, 3.63) is 108 Å². The molecule has 1 atom stereocenters. The van der Waals surface area contributed by atoms with E-state index in [0.29, 0.717) is 12.5 Å². The van der Waals surface area contributed by atoms with Crippen molar-refractivity contribution in [3.8, 4) is 11.1 Å². The van der Waals surface area contributed by atoms with Crippen molar-refractivity contribution in [3.63, 3.8) is 0 Å². The molecule has 4 aromatic carbocycles. The second-order valence-corrected chi connectivity index (χ2v) is 9.73. The minimum absolute atomic E-state index is 0.218. The Bertz CT molecular complexity index is 1260. The number of likely N-dealkylation sites (N-methyl/N-ethyl adjacent to an activating group) is 2. The van der Waals surface area contributed by atoms with Crippen LogP contribution < -0.4 is 5.32 Å². The highest BCUT2D eigenvalue weighted by atomic mass is 16.1. The number of carbonyl (C=O) groups excluding carboxylic acids is 1. The van der Waals surface area contributed by atoms with Crippen molar-refractivity contribution in [2.45, 2.75) is 38.6 Å². The first-order valence-corrected chi connectivity index (χ1v) is 13.1. The molecular weight excluding hydrogens is 440 g/mol. The van der Waals surface area contributed by atoms with E-state index in [1.54, 1.807) is 0 Å². The van der Waals surface area contributed by atoms with Crippen LogP contribution in [0.2, 0.25) is 0 Å². The predicted octanol–water partition coefficient (Wildman–Crippen LogP) is 6.79. The third kappa shape index (κ3) is 6.69. The molecule has 0 heterocycles. The Morgan fingerprint density at radius 3 is 2.14 bits per heavy atom. The molecule has 0 saturated heterocycles. The molecule has 0 aliphatic rings. The molecule has 4 aromatic rings. The van der Waals surface area contributed by atoms with Gasteiger partial charge in [0.25, 0.3) is 0 Å². The van der Waals surface area contributed by atoms with E-state index in [1.165, 1.54) is 27.5 Å². The second-order valence-electron chi connectivity index (χ2n) is 9.73. The fraction of sp³-hybridized carbons (Fsp3) is 0.303. The number of nitrogens with zero attached hydrogens (tertiary/aromatic N) is 1. The van der Waals surface area contributed by atoms with Gasteiger partial charge in [-0.15, -0.1) is 0 Å². The number of hydrogen-bond donors (Lipinski definition) is 1. The van der Waals surface area contributed by atoms with E-state index in [1.807, 2.05) is 19.2 Å². The summed E-state index contributed by atoms with van der Waals surface area (Å²) in [4.78, 5) is 15.2. The lowest BCUT2D eigenvalue weighted by Gasteiger charge is -2.28. The lowest BCUT2D eigenvalue weighted by Crippen LogP contribution is -2.41. The number of nitrogens with one attached hydrogen (secondary N) is 1. The number of ketones is 1. The fourth-order valence-corrected chi connectivity index (χ4v) is 4.85. The van der Waals surface area contributed by atoms with E-state index >= 15 is 0 Å². The number of carbonyl (C=O) groups is 1. The maximum atomic E-state index is 12.8. The molecule has 0 unspecified atom stereocenters. The normalized spacial score (nSPS) is 12.2. The topological polar surface area (TPSA) is 32.3 Å². The molecule has 0 radical (unpaired) electrons. The van der Waals surface area contributed by atoms with Gasteiger partial charge in [0.1, 0.15) is 0 Å². The fourth-order valence-electron chi connectivity index (χ4n) is 4.85. The summed E-state index contributed by atoms with van der Waals surface area (Å²) in [5.74, 6) is 0.218. The first-order valence-electron chi connectivity index (χ1n) is 13.1. The number of rotatable bonds is 12. The van der Waals surface area contributed by atoms with Gasteiger partial charge >= 0.3 is 0 Å². The van der Waals surface area contributed by atoms with E-state index in [9.17, 15) is 4.79 Å². The van der Waals surface area contributed by atoms with E-state index in [0.717, 1.165) is 43.5 Å². The van der Waals surface area contributed by atoms with Gasteiger partial charge in [0.2, 0.25) is 0 Å². The Morgan fingerprint density at radius 2 is 1.47 bits per heavy atom.